The molecule has 0 aliphatic carbocycles. The van der Waals surface area contributed by atoms with E-state index in [4.69, 9.17) is 21.1 Å². The summed E-state index contributed by atoms with van der Waals surface area (Å²) in [5.74, 6) is 0.802. The van der Waals surface area contributed by atoms with Gasteiger partial charge in [-0.15, -0.1) is 0 Å². The Hall–Kier alpha value is -1.56. The predicted octanol–water partition coefficient (Wildman–Crippen LogP) is 2.36. The fourth-order valence-electron chi connectivity index (χ4n) is 2.03. The van der Waals surface area contributed by atoms with Crippen molar-refractivity contribution < 1.29 is 9.47 Å². The van der Waals surface area contributed by atoms with Crippen molar-refractivity contribution in [1.82, 2.24) is 15.1 Å². The van der Waals surface area contributed by atoms with Crippen LogP contribution >= 0.6 is 11.6 Å². The van der Waals surface area contributed by atoms with Crippen molar-refractivity contribution in [2.45, 2.75) is 0 Å². The summed E-state index contributed by atoms with van der Waals surface area (Å²) >= 11 is 6.20. The van der Waals surface area contributed by atoms with Gasteiger partial charge in [-0.25, -0.2) is 0 Å². The minimum absolute atomic E-state index is 0.580. The van der Waals surface area contributed by atoms with Gasteiger partial charge in [0.1, 0.15) is 12.4 Å². The third kappa shape index (κ3) is 4.20. The predicted molar refractivity (Wildman–Crippen MR) is 83.9 cm³/mol. The molecule has 2 aromatic rings. The van der Waals surface area contributed by atoms with E-state index in [2.05, 4.69) is 10.4 Å². The zero-order valence-electron chi connectivity index (χ0n) is 12.3. The van der Waals surface area contributed by atoms with Crippen molar-refractivity contribution in [3.63, 3.8) is 0 Å². The second kappa shape index (κ2) is 8.02. The Morgan fingerprint density at radius 3 is 2.71 bits per heavy atom. The van der Waals surface area contributed by atoms with E-state index in [0.29, 0.717) is 18.2 Å². The number of halogens is 1. The summed E-state index contributed by atoms with van der Waals surface area (Å²) in [5.41, 5.74) is 1.80. The van der Waals surface area contributed by atoms with Gasteiger partial charge in [0.25, 0.3) is 0 Å². The maximum absolute atomic E-state index is 6.20. The molecule has 0 saturated heterocycles. The SMILES string of the molecule is COCCNCCOc1ccccc1-c1c(Cl)cnn1C. The molecule has 0 radical (unpaired) electrons. The molecular formula is C15H20ClN3O2. The highest BCUT2D eigenvalue weighted by molar-refractivity contribution is 6.33. The quantitative estimate of drug-likeness (QED) is 0.761. The van der Waals surface area contributed by atoms with Gasteiger partial charge in [0.05, 0.1) is 23.5 Å². The van der Waals surface area contributed by atoms with Gasteiger partial charge in [0.15, 0.2) is 0 Å². The van der Waals surface area contributed by atoms with Crippen molar-refractivity contribution in [3.8, 4) is 17.0 Å². The van der Waals surface area contributed by atoms with Crippen LogP contribution in [-0.4, -0.2) is 43.2 Å². The topological polar surface area (TPSA) is 48.3 Å². The summed E-state index contributed by atoms with van der Waals surface area (Å²) in [6.07, 6.45) is 1.64. The summed E-state index contributed by atoms with van der Waals surface area (Å²) in [6.45, 7) is 2.85. The molecule has 0 amide bonds. The first-order chi connectivity index (χ1) is 10.2. The average Bonchev–Trinajstić information content (AvgIpc) is 2.82. The van der Waals surface area contributed by atoms with Crippen LogP contribution in [0.3, 0.4) is 0 Å². The van der Waals surface area contributed by atoms with E-state index < -0.39 is 0 Å². The molecule has 0 saturated carbocycles. The number of hydrogen-bond donors (Lipinski definition) is 1. The fourth-order valence-corrected chi connectivity index (χ4v) is 2.30. The molecule has 0 unspecified atom stereocenters. The highest BCUT2D eigenvalue weighted by Gasteiger charge is 2.13. The number of ether oxygens (including phenoxy) is 2. The molecule has 0 bridgehead atoms. The molecule has 0 atom stereocenters. The Balaban J connectivity index is 2.01. The van der Waals surface area contributed by atoms with Gasteiger partial charge in [0.2, 0.25) is 0 Å². The van der Waals surface area contributed by atoms with Crippen molar-refractivity contribution in [1.29, 1.82) is 0 Å². The number of nitrogens with zero attached hydrogens (tertiary/aromatic N) is 2. The summed E-state index contributed by atoms with van der Waals surface area (Å²) < 4.78 is 12.6. The number of aromatic nitrogens is 2. The molecule has 0 aliphatic heterocycles. The van der Waals surface area contributed by atoms with Gasteiger partial charge in [0, 0.05) is 32.8 Å². The maximum atomic E-state index is 6.20. The maximum Gasteiger partial charge on any atom is 0.128 e. The lowest BCUT2D eigenvalue weighted by molar-refractivity contribution is 0.197. The van der Waals surface area contributed by atoms with Gasteiger partial charge >= 0.3 is 0 Å². The molecule has 0 aliphatic rings. The molecule has 5 nitrogen and oxygen atoms in total. The van der Waals surface area contributed by atoms with Crippen LogP contribution < -0.4 is 10.1 Å². The highest BCUT2D eigenvalue weighted by atomic mass is 35.5. The van der Waals surface area contributed by atoms with Crippen molar-refractivity contribution >= 4 is 11.6 Å². The number of para-hydroxylation sites is 1. The normalized spacial score (nSPS) is 10.8. The molecule has 2 rings (SSSR count). The zero-order chi connectivity index (χ0) is 15.1. The van der Waals surface area contributed by atoms with Crippen LogP contribution in [0.1, 0.15) is 0 Å². The van der Waals surface area contributed by atoms with Gasteiger partial charge in [-0.05, 0) is 12.1 Å². The minimum atomic E-state index is 0.580. The van der Waals surface area contributed by atoms with Crippen molar-refractivity contribution in [2.75, 3.05) is 33.4 Å². The van der Waals surface area contributed by atoms with E-state index in [1.54, 1.807) is 18.0 Å². The van der Waals surface area contributed by atoms with E-state index in [9.17, 15) is 0 Å². The van der Waals surface area contributed by atoms with Crippen LogP contribution in [0.2, 0.25) is 5.02 Å². The number of benzene rings is 1. The second-order valence-corrected chi connectivity index (χ2v) is 4.96. The largest absolute Gasteiger partial charge is 0.492 e. The number of nitrogens with one attached hydrogen (secondary N) is 1. The fraction of sp³-hybridized carbons (Fsp3) is 0.400. The third-order valence-electron chi connectivity index (χ3n) is 3.06. The summed E-state index contributed by atoms with van der Waals surface area (Å²) in [7, 11) is 3.55. The van der Waals surface area contributed by atoms with Gasteiger partial charge in [-0.2, -0.15) is 5.10 Å². The first-order valence-electron chi connectivity index (χ1n) is 6.83. The van der Waals surface area contributed by atoms with Crippen LogP contribution in [0.25, 0.3) is 11.3 Å². The Morgan fingerprint density at radius 2 is 2.00 bits per heavy atom. The van der Waals surface area contributed by atoms with Crippen molar-refractivity contribution in [3.05, 3.63) is 35.5 Å². The van der Waals surface area contributed by atoms with Crippen LogP contribution in [-0.2, 0) is 11.8 Å². The van der Waals surface area contributed by atoms with E-state index in [-0.39, 0.29) is 0 Å². The summed E-state index contributed by atoms with van der Waals surface area (Å²) in [5, 5.41) is 8.02. The van der Waals surface area contributed by atoms with E-state index >= 15 is 0 Å². The highest BCUT2D eigenvalue weighted by Crippen LogP contribution is 2.34. The molecular weight excluding hydrogens is 290 g/mol. The molecule has 114 valence electrons. The Bertz CT molecular complexity index is 552. The summed E-state index contributed by atoms with van der Waals surface area (Å²) in [6, 6.07) is 7.83. The van der Waals surface area contributed by atoms with Gasteiger partial charge < -0.3 is 14.8 Å². The Labute approximate surface area is 129 Å². The van der Waals surface area contributed by atoms with Crippen LogP contribution in [0, 0.1) is 0 Å². The number of methoxy groups -OCH3 is 1. The molecule has 1 aromatic carbocycles. The lowest BCUT2D eigenvalue weighted by atomic mass is 10.1. The average molecular weight is 310 g/mol. The first kappa shape index (κ1) is 15.8. The van der Waals surface area contributed by atoms with E-state index in [1.807, 2.05) is 31.3 Å². The van der Waals surface area contributed by atoms with Crippen molar-refractivity contribution in [2.24, 2.45) is 7.05 Å². The zero-order valence-corrected chi connectivity index (χ0v) is 13.1. The first-order valence-corrected chi connectivity index (χ1v) is 7.21. The number of hydrogen-bond acceptors (Lipinski definition) is 4. The van der Waals surface area contributed by atoms with Crippen LogP contribution in [0.4, 0.5) is 0 Å². The molecule has 1 N–H and O–H groups in total. The number of aryl methyl sites for hydroxylation is 1. The summed E-state index contributed by atoms with van der Waals surface area (Å²) in [4.78, 5) is 0. The molecule has 0 fully saturated rings. The van der Waals surface area contributed by atoms with Gasteiger partial charge in [-0.1, -0.05) is 23.7 Å². The Kier molecular flexibility index (Phi) is 6.04. The molecule has 1 heterocycles. The molecule has 6 heteroatoms. The van der Waals surface area contributed by atoms with Crippen LogP contribution in [0.5, 0.6) is 5.75 Å². The van der Waals surface area contributed by atoms with Gasteiger partial charge in [-0.3, -0.25) is 4.68 Å². The lowest BCUT2D eigenvalue weighted by Crippen LogP contribution is -2.24. The minimum Gasteiger partial charge on any atom is -0.492 e. The molecule has 0 spiro atoms. The standard InChI is InChI=1S/C15H20ClN3O2/c1-19-15(13(16)11-18-19)12-5-3-4-6-14(12)21-10-8-17-7-9-20-2/h3-6,11,17H,7-10H2,1-2H3. The number of rotatable bonds is 8. The second-order valence-electron chi connectivity index (χ2n) is 4.55. The monoisotopic (exact) mass is 309 g/mol. The lowest BCUT2D eigenvalue weighted by Gasteiger charge is -2.12. The Morgan fingerprint density at radius 1 is 1.24 bits per heavy atom. The molecule has 1 aromatic heterocycles. The molecule has 21 heavy (non-hydrogen) atoms. The van der Waals surface area contributed by atoms with Crippen LogP contribution in [0.15, 0.2) is 30.5 Å². The van der Waals surface area contributed by atoms with E-state index in [0.717, 1.165) is 30.1 Å². The smallest absolute Gasteiger partial charge is 0.128 e. The third-order valence-corrected chi connectivity index (χ3v) is 3.33. The van der Waals surface area contributed by atoms with E-state index in [1.165, 1.54) is 0 Å².